The summed E-state index contributed by atoms with van der Waals surface area (Å²) in [4.78, 5) is 11.6. The first kappa shape index (κ1) is 14.6. The highest BCUT2D eigenvalue weighted by Gasteiger charge is 2.13. The molecule has 100 valence electrons. The van der Waals surface area contributed by atoms with Crippen LogP contribution in [-0.4, -0.2) is 18.1 Å². The van der Waals surface area contributed by atoms with Crippen molar-refractivity contribution in [1.29, 1.82) is 0 Å². The molecule has 0 spiro atoms. The van der Waals surface area contributed by atoms with E-state index in [-0.39, 0.29) is 18.1 Å². The summed E-state index contributed by atoms with van der Waals surface area (Å²) >= 11 is 0. The monoisotopic (exact) mass is 249 g/mol. The number of hydrogen-bond acceptors (Lipinski definition) is 2. The third-order valence-corrected chi connectivity index (χ3v) is 2.41. The van der Waals surface area contributed by atoms with Gasteiger partial charge in [-0.25, -0.2) is 0 Å². The van der Waals surface area contributed by atoms with E-state index in [4.69, 9.17) is 4.74 Å². The molecule has 0 radical (unpaired) electrons. The second-order valence-corrected chi connectivity index (χ2v) is 5.81. The number of nitrogens with one attached hydrogen (secondary N) is 1. The van der Waals surface area contributed by atoms with Crippen LogP contribution in [0, 0.1) is 0 Å². The number of rotatable bonds is 4. The van der Waals surface area contributed by atoms with Crippen molar-refractivity contribution in [3.63, 3.8) is 0 Å². The number of carbonyl (C=O) groups is 1. The van der Waals surface area contributed by atoms with Crippen LogP contribution >= 0.6 is 0 Å². The predicted octanol–water partition coefficient (Wildman–Crippen LogP) is 3.10. The predicted molar refractivity (Wildman–Crippen MR) is 73.9 cm³/mol. The third kappa shape index (κ3) is 5.21. The summed E-state index contributed by atoms with van der Waals surface area (Å²) < 4.78 is 5.49. The Morgan fingerprint density at radius 3 is 2.56 bits per heavy atom. The number of ether oxygens (including phenoxy) is 1. The van der Waals surface area contributed by atoms with Gasteiger partial charge in [-0.15, -0.1) is 0 Å². The van der Waals surface area contributed by atoms with Crippen LogP contribution in [-0.2, 0) is 4.79 Å². The molecule has 0 aromatic heterocycles. The van der Waals surface area contributed by atoms with Crippen LogP contribution in [0.2, 0.25) is 0 Å². The summed E-state index contributed by atoms with van der Waals surface area (Å²) in [5.41, 5.74) is 0.990. The molecular formula is C15H23NO2. The number of hydrogen-bond donors (Lipinski definition) is 1. The Hall–Kier alpha value is -1.51. The largest absolute Gasteiger partial charge is 0.484 e. The Bertz CT molecular complexity index is 405. The molecule has 0 atom stereocenters. The van der Waals surface area contributed by atoms with E-state index in [2.05, 4.69) is 25.2 Å². The van der Waals surface area contributed by atoms with Crippen molar-refractivity contribution in [3.8, 4) is 5.75 Å². The zero-order chi connectivity index (χ0) is 13.8. The molecule has 0 aliphatic rings. The molecule has 0 saturated carbocycles. The van der Waals surface area contributed by atoms with Crippen molar-refractivity contribution in [2.75, 3.05) is 6.61 Å². The zero-order valence-corrected chi connectivity index (χ0v) is 11.9. The normalized spacial score (nSPS) is 11.4. The first-order valence-corrected chi connectivity index (χ1v) is 6.32. The number of benzene rings is 1. The van der Waals surface area contributed by atoms with Crippen molar-refractivity contribution in [3.05, 3.63) is 29.8 Å². The van der Waals surface area contributed by atoms with Crippen LogP contribution in [0.3, 0.4) is 0 Å². The molecule has 0 aliphatic carbocycles. The lowest BCUT2D eigenvalue weighted by Crippen LogP contribution is -2.43. The quantitative estimate of drug-likeness (QED) is 0.890. The fourth-order valence-corrected chi connectivity index (χ4v) is 1.57. The lowest BCUT2D eigenvalue weighted by Gasteiger charge is -2.20. The maximum absolute atomic E-state index is 11.6. The third-order valence-electron chi connectivity index (χ3n) is 2.41. The summed E-state index contributed by atoms with van der Waals surface area (Å²) in [5, 5.41) is 2.86. The second kappa shape index (κ2) is 5.89. The fraction of sp³-hybridized carbons (Fsp3) is 0.533. The van der Waals surface area contributed by atoms with Gasteiger partial charge in [0.1, 0.15) is 5.75 Å². The Balaban J connectivity index is 2.53. The van der Waals surface area contributed by atoms with Gasteiger partial charge in [-0.3, -0.25) is 4.79 Å². The van der Waals surface area contributed by atoms with Gasteiger partial charge in [0.05, 0.1) is 0 Å². The topological polar surface area (TPSA) is 38.3 Å². The van der Waals surface area contributed by atoms with E-state index in [0.29, 0.717) is 5.92 Å². The van der Waals surface area contributed by atoms with Crippen molar-refractivity contribution in [2.45, 2.75) is 46.1 Å². The van der Waals surface area contributed by atoms with Gasteiger partial charge in [-0.2, -0.15) is 0 Å². The number of amides is 1. The van der Waals surface area contributed by atoms with Crippen molar-refractivity contribution >= 4 is 5.91 Å². The summed E-state index contributed by atoms with van der Waals surface area (Å²) in [5.74, 6) is 1.10. The molecule has 1 aromatic rings. The summed E-state index contributed by atoms with van der Waals surface area (Å²) in [7, 11) is 0. The van der Waals surface area contributed by atoms with E-state index >= 15 is 0 Å². The van der Waals surface area contributed by atoms with E-state index in [0.717, 1.165) is 5.75 Å². The second-order valence-electron chi connectivity index (χ2n) is 5.81. The van der Waals surface area contributed by atoms with Crippen LogP contribution in [0.4, 0.5) is 0 Å². The van der Waals surface area contributed by atoms with Gasteiger partial charge >= 0.3 is 0 Å². The molecule has 1 N–H and O–H groups in total. The fourth-order valence-electron chi connectivity index (χ4n) is 1.57. The van der Waals surface area contributed by atoms with Crippen LogP contribution in [0.1, 0.15) is 46.1 Å². The Labute approximate surface area is 110 Å². The molecule has 0 aliphatic heterocycles. The van der Waals surface area contributed by atoms with Gasteiger partial charge in [0.2, 0.25) is 0 Å². The Kier molecular flexibility index (Phi) is 4.76. The average molecular weight is 249 g/mol. The van der Waals surface area contributed by atoms with E-state index in [1.807, 2.05) is 39.0 Å². The van der Waals surface area contributed by atoms with Gasteiger partial charge < -0.3 is 10.1 Å². The van der Waals surface area contributed by atoms with E-state index in [1.165, 1.54) is 5.56 Å². The molecule has 1 amide bonds. The van der Waals surface area contributed by atoms with E-state index in [9.17, 15) is 4.79 Å². The lowest BCUT2D eigenvalue weighted by atomic mass is 10.0. The maximum atomic E-state index is 11.6. The van der Waals surface area contributed by atoms with E-state index in [1.54, 1.807) is 0 Å². The molecule has 1 aromatic carbocycles. The average Bonchev–Trinajstić information content (AvgIpc) is 2.24. The summed E-state index contributed by atoms with van der Waals surface area (Å²) in [6, 6.07) is 7.87. The van der Waals surface area contributed by atoms with E-state index < -0.39 is 0 Å². The molecule has 0 saturated heterocycles. The number of carbonyl (C=O) groups excluding carboxylic acids is 1. The highest BCUT2D eigenvalue weighted by molar-refractivity contribution is 5.78. The van der Waals surface area contributed by atoms with Gasteiger partial charge in [-0.1, -0.05) is 26.0 Å². The standard InChI is InChI=1S/C15H23NO2/c1-11(2)12-7-6-8-13(9-12)18-10-14(17)16-15(3,4)5/h6-9,11H,10H2,1-5H3,(H,16,17). The van der Waals surface area contributed by atoms with Crippen LogP contribution in [0.5, 0.6) is 5.75 Å². The Morgan fingerprint density at radius 2 is 2.00 bits per heavy atom. The highest BCUT2D eigenvalue weighted by Crippen LogP contribution is 2.19. The Morgan fingerprint density at radius 1 is 1.33 bits per heavy atom. The minimum absolute atomic E-state index is 0.0544. The van der Waals surface area contributed by atoms with Gasteiger partial charge in [0.25, 0.3) is 5.91 Å². The molecule has 0 heterocycles. The van der Waals surface area contributed by atoms with Gasteiger partial charge in [0, 0.05) is 5.54 Å². The lowest BCUT2D eigenvalue weighted by molar-refractivity contribution is -0.124. The molecular weight excluding hydrogens is 226 g/mol. The molecule has 0 unspecified atom stereocenters. The SMILES string of the molecule is CC(C)c1cccc(OCC(=O)NC(C)(C)C)c1. The first-order valence-electron chi connectivity index (χ1n) is 6.32. The van der Waals surface area contributed by atoms with Gasteiger partial charge in [0.15, 0.2) is 6.61 Å². The van der Waals surface area contributed by atoms with Crippen LogP contribution in [0.15, 0.2) is 24.3 Å². The zero-order valence-electron chi connectivity index (χ0n) is 11.9. The molecule has 18 heavy (non-hydrogen) atoms. The first-order chi connectivity index (χ1) is 8.28. The van der Waals surface area contributed by atoms with Crippen molar-refractivity contribution in [2.24, 2.45) is 0 Å². The molecule has 3 nitrogen and oxygen atoms in total. The summed E-state index contributed by atoms with van der Waals surface area (Å²) in [6.45, 7) is 10.2. The summed E-state index contributed by atoms with van der Waals surface area (Å²) in [6.07, 6.45) is 0. The highest BCUT2D eigenvalue weighted by atomic mass is 16.5. The van der Waals surface area contributed by atoms with Crippen molar-refractivity contribution in [1.82, 2.24) is 5.32 Å². The molecule has 0 fully saturated rings. The smallest absolute Gasteiger partial charge is 0.258 e. The molecule has 0 bridgehead atoms. The van der Waals surface area contributed by atoms with Crippen molar-refractivity contribution < 1.29 is 9.53 Å². The molecule has 3 heteroatoms. The molecule has 1 rings (SSSR count). The van der Waals surface area contributed by atoms with Crippen LogP contribution < -0.4 is 10.1 Å². The van der Waals surface area contributed by atoms with Gasteiger partial charge in [-0.05, 0) is 44.4 Å². The minimum atomic E-state index is -0.222. The van der Waals surface area contributed by atoms with Crippen LogP contribution in [0.25, 0.3) is 0 Å². The maximum Gasteiger partial charge on any atom is 0.258 e. The minimum Gasteiger partial charge on any atom is -0.484 e.